The quantitative estimate of drug-likeness (QED) is 0.220. The van der Waals surface area contributed by atoms with E-state index in [0.717, 1.165) is 44.6 Å². The molecule has 0 fully saturated rings. The third kappa shape index (κ3) is 8.09. The molecule has 0 amide bonds. The highest BCUT2D eigenvalue weighted by molar-refractivity contribution is 7.97. The van der Waals surface area contributed by atoms with Gasteiger partial charge in [0.2, 0.25) is 0 Å². The summed E-state index contributed by atoms with van der Waals surface area (Å²) in [5, 5.41) is 21.2. The molecule has 6 nitrogen and oxygen atoms in total. The molecule has 0 spiro atoms. The third-order valence-corrected chi connectivity index (χ3v) is 7.15. The Kier molecular flexibility index (Phi) is 10.4. The van der Waals surface area contributed by atoms with Crippen molar-refractivity contribution in [1.82, 2.24) is 8.77 Å². The summed E-state index contributed by atoms with van der Waals surface area (Å²) in [6.07, 6.45) is -0.737. The fourth-order valence-corrected chi connectivity index (χ4v) is 5.31. The molecule has 0 heterocycles. The van der Waals surface area contributed by atoms with E-state index in [9.17, 15) is 10.3 Å². The molecule has 0 aromatic heterocycles. The zero-order chi connectivity index (χ0) is 24.5. The van der Waals surface area contributed by atoms with Crippen LogP contribution in [-0.4, -0.2) is 46.1 Å². The Morgan fingerprint density at radius 1 is 0.882 bits per heavy atom. The number of aliphatic hydroxyl groups is 1. The van der Waals surface area contributed by atoms with Crippen LogP contribution in [0.2, 0.25) is 5.02 Å². The SMILES string of the molecule is COc1ccc(CN(Cc2ccc(OC)cc2)SCC(O)c2ccc(Cl)cc2SN(C)O)cc1. The Bertz CT molecular complexity index is 987. The van der Waals surface area contributed by atoms with Crippen molar-refractivity contribution in [3.8, 4) is 11.5 Å². The molecule has 0 radical (unpaired) electrons. The van der Waals surface area contributed by atoms with E-state index >= 15 is 0 Å². The Balaban J connectivity index is 1.74. The zero-order valence-electron chi connectivity index (χ0n) is 19.3. The lowest BCUT2D eigenvalue weighted by Crippen LogP contribution is -2.18. The summed E-state index contributed by atoms with van der Waals surface area (Å²) in [7, 11) is 4.84. The second-order valence-electron chi connectivity index (χ2n) is 7.54. The van der Waals surface area contributed by atoms with Crippen molar-refractivity contribution in [2.75, 3.05) is 27.0 Å². The van der Waals surface area contributed by atoms with Gasteiger partial charge in [0.1, 0.15) is 11.5 Å². The summed E-state index contributed by atoms with van der Waals surface area (Å²) >= 11 is 8.81. The van der Waals surface area contributed by atoms with Crippen LogP contribution in [0.15, 0.2) is 71.6 Å². The molecular weight excluding hydrogens is 492 g/mol. The Labute approximate surface area is 214 Å². The number of benzene rings is 3. The van der Waals surface area contributed by atoms with Crippen molar-refractivity contribution in [2.24, 2.45) is 0 Å². The fourth-order valence-electron chi connectivity index (χ4n) is 3.29. The second kappa shape index (κ2) is 13.3. The molecule has 0 saturated carbocycles. The monoisotopic (exact) mass is 520 g/mol. The number of rotatable bonds is 12. The first-order chi connectivity index (χ1) is 16.4. The summed E-state index contributed by atoms with van der Waals surface area (Å²) in [6.45, 7) is 1.38. The molecule has 3 aromatic carbocycles. The van der Waals surface area contributed by atoms with Gasteiger partial charge in [0.15, 0.2) is 0 Å². The van der Waals surface area contributed by atoms with Crippen molar-refractivity contribution in [1.29, 1.82) is 0 Å². The van der Waals surface area contributed by atoms with Gasteiger partial charge in [-0.15, -0.1) is 4.47 Å². The first-order valence-electron chi connectivity index (χ1n) is 10.6. The van der Waals surface area contributed by atoms with Crippen molar-refractivity contribution in [3.05, 3.63) is 88.4 Å². The topological polar surface area (TPSA) is 65.4 Å². The minimum Gasteiger partial charge on any atom is -0.497 e. The van der Waals surface area contributed by atoms with Crippen LogP contribution in [0.3, 0.4) is 0 Å². The smallest absolute Gasteiger partial charge is 0.118 e. The van der Waals surface area contributed by atoms with Gasteiger partial charge >= 0.3 is 0 Å². The van der Waals surface area contributed by atoms with Gasteiger partial charge in [-0.05, 0) is 65.0 Å². The molecule has 1 atom stereocenters. The molecule has 182 valence electrons. The predicted octanol–water partition coefficient (Wildman–Crippen LogP) is 6.07. The summed E-state index contributed by atoms with van der Waals surface area (Å²) < 4.78 is 13.8. The van der Waals surface area contributed by atoms with E-state index in [1.807, 2.05) is 48.5 Å². The standard InChI is InChI=1S/C25H29ClN2O4S2/c1-27(30)34-25-14-20(26)8-13-23(25)24(29)17-33-28(15-18-4-9-21(31-2)10-5-18)16-19-6-11-22(32-3)12-7-19/h4-14,24,29-30H,15-17H2,1-3H3. The van der Waals surface area contributed by atoms with E-state index in [0.29, 0.717) is 28.8 Å². The van der Waals surface area contributed by atoms with Crippen LogP contribution in [0.1, 0.15) is 22.8 Å². The summed E-state index contributed by atoms with van der Waals surface area (Å²) in [5.74, 6) is 2.07. The Morgan fingerprint density at radius 3 is 1.88 bits per heavy atom. The van der Waals surface area contributed by atoms with Crippen molar-refractivity contribution >= 4 is 35.5 Å². The highest BCUT2D eigenvalue weighted by atomic mass is 35.5. The van der Waals surface area contributed by atoms with Gasteiger partial charge in [-0.1, -0.05) is 53.9 Å². The molecule has 0 aliphatic rings. The van der Waals surface area contributed by atoms with E-state index in [4.69, 9.17) is 21.1 Å². The largest absolute Gasteiger partial charge is 0.497 e. The summed E-state index contributed by atoms with van der Waals surface area (Å²) in [5.41, 5.74) is 3.00. The molecule has 0 bridgehead atoms. The van der Waals surface area contributed by atoms with E-state index in [1.165, 1.54) is 7.05 Å². The number of hydrogen-bond acceptors (Lipinski definition) is 8. The van der Waals surface area contributed by atoms with Crippen LogP contribution in [0.5, 0.6) is 11.5 Å². The van der Waals surface area contributed by atoms with Crippen LogP contribution in [-0.2, 0) is 13.1 Å². The highest BCUT2D eigenvalue weighted by Gasteiger charge is 2.18. The van der Waals surface area contributed by atoms with Crippen molar-refractivity contribution < 1.29 is 19.8 Å². The van der Waals surface area contributed by atoms with Crippen LogP contribution >= 0.6 is 35.5 Å². The third-order valence-electron chi connectivity index (χ3n) is 5.02. The lowest BCUT2D eigenvalue weighted by Gasteiger charge is -2.24. The maximum absolute atomic E-state index is 11.0. The number of halogens is 1. The number of nitrogens with zero attached hydrogens (tertiary/aromatic N) is 2. The maximum Gasteiger partial charge on any atom is 0.118 e. The average Bonchev–Trinajstić information content (AvgIpc) is 2.83. The normalized spacial score (nSPS) is 12.2. The van der Waals surface area contributed by atoms with Gasteiger partial charge in [-0.25, -0.2) is 4.31 Å². The van der Waals surface area contributed by atoms with E-state index in [-0.39, 0.29) is 0 Å². The number of methoxy groups -OCH3 is 2. The molecule has 0 aliphatic carbocycles. The van der Waals surface area contributed by atoms with Gasteiger partial charge in [-0.2, -0.15) is 0 Å². The maximum atomic E-state index is 11.0. The fraction of sp³-hybridized carbons (Fsp3) is 0.280. The predicted molar refractivity (Wildman–Crippen MR) is 140 cm³/mol. The van der Waals surface area contributed by atoms with Crippen LogP contribution in [0.4, 0.5) is 0 Å². The Hall–Kier alpha value is -1.91. The molecular formula is C25H29ClN2O4S2. The first kappa shape index (κ1) is 26.7. The van der Waals surface area contributed by atoms with Gasteiger partial charge in [0.05, 0.1) is 20.3 Å². The minimum atomic E-state index is -0.737. The van der Waals surface area contributed by atoms with Gasteiger partial charge in [0.25, 0.3) is 0 Å². The molecule has 1 unspecified atom stereocenters. The molecule has 2 N–H and O–H groups in total. The summed E-state index contributed by atoms with van der Waals surface area (Å²) in [6, 6.07) is 21.3. The number of hydroxylamine groups is 1. The molecule has 9 heteroatoms. The van der Waals surface area contributed by atoms with Gasteiger partial charge < -0.3 is 19.8 Å². The Morgan fingerprint density at radius 2 is 1.41 bits per heavy atom. The number of aliphatic hydroxyl groups excluding tert-OH is 1. The molecule has 3 aromatic rings. The number of hydrogen-bond donors (Lipinski definition) is 2. The molecule has 3 rings (SSSR count). The zero-order valence-corrected chi connectivity index (χ0v) is 21.7. The van der Waals surface area contributed by atoms with Crippen LogP contribution < -0.4 is 9.47 Å². The van der Waals surface area contributed by atoms with Gasteiger partial charge in [0, 0.05) is 35.8 Å². The number of ether oxygens (including phenoxy) is 2. The average molecular weight is 521 g/mol. The van der Waals surface area contributed by atoms with Crippen LogP contribution in [0, 0.1) is 0 Å². The van der Waals surface area contributed by atoms with E-state index in [1.54, 1.807) is 44.4 Å². The van der Waals surface area contributed by atoms with Gasteiger partial charge in [-0.3, -0.25) is 0 Å². The van der Waals surface area contributed by atoms with Crippen LogP contribution in [0.25, 0.3) is 0 Å². The first-order valence-corrected chi connectivity index (χ1v) is 12.7. The molecule has 0 saturated heterocycles. The van der Waals surface area contributed by atoms with Crippen molar-refractivity contribution in [3.63, 3.8) is 0 Å². The lowest BCUT2D eigenvalue weighted by molar-refractivity contribution is 0.0452. The molecule has 34 heavy (non-hydrogen) atoms. The highest BCUT2D eigenvalue weighted by Crippen LogP contribution is 2.34. The van der Waals surface area contributed by atoms with Crippen molar-refractivity contribution in [2.45, 2.75) is 24.1 Å². The lowest BCUT2D eigenvalue weighted by atomic mass is 10.1. The molecule has 0 aliphatic heterocycles. The summed E-state index contributed by atoms with van der Waals surface area (Å²) in [4.78, 5) is 0.711. The van der Waals surface area contributed by atoms with E-state index in [2.05, 4.69) is 4.31 Å². The minimum absolute atomic E-state index is 0.441. The van der Waals surface area contributed by atoms with E-state index < -0.39 is 6.10 Å². The second-order valence-corrected chi connectivity index (χ2v) is 10.2.